The summed E-state index contributed by atoms with van der Waals surface area (Å²) in [6, 6.07) is 4.60. The summed E-state index contributed by atoms with van der Waals surface area (Å²) >= 11 is 11.8. The number of ether oxygens (including phenoxy) is 1. The summed E-state index contributed by atoms with van der Waals surface area (Å²) in [5, 5.41) is 6.26. The smallest absolute Gasteiger partial charge is 0.407 e. The molecule has 1 unspecified atom stereocenters. The Balaban J connectivity index is 1.80. The molecule has 0 bridgehead atoms. The van der Waals surface area contributed by atoms with Crippen LogP contribution >= 0.6 is 23.2 Å². The van der Waals surface area contributed by atoms with E-state index in [1.807, 2.05) is 6.07 Å². The number of carbonyl (C=O) groups is 2. The fourth-order valence-corrected chi connectivity index (χ4v) is 2.20. The van der Waals surface area contributed by atoms with Gasteiger partial charge in [-0.15, -0.1) is 0 Å². The summed E-state index contributed by atoms with van der Waals surface area (Å²) in [7, 11) is 0. The van der Waals surface area contributed by atoms with Gasteiger partial charge in [-0.3, -0.25) is 4.79 Å². The second kappa shape index (κ2) is 6.12. The number of alkyl carbamates (subject to hydrolysis) is 1. The number of rotatable bonds is 4. The molecule has 2 amide bonds. The lowest BCUT2D eigenvalue weighted by Gasteiger charge is -2.09. The topological polar surface area (TPSA) is 67.4 Å². The first-order chi connectivity index (χ1) is 9.06. The van der Waals surface area contributed by atoms with Crippen LogP contribution in [0.15, 0.2) is 18.2 Å². The SMILES string of the molecule is O=C1NC(C(=O)NCCc2ccc(Cl)cc2Cl)CO1. The molecule has 0 radical (unpaired) electrons. The van der Waals surface area contributed by atoms with Crippen LogP contribution < -0.4 is 10.6 Å². The van der Waals surface area contributed by atoms with E-state index in [9.17, 15) is 9.59 Å². The predicted molar refractivity (Wildman–Crippen MR) is 71.4 cm³/mol. The third-order valence-corrected chi connectivity index (χ3v) is 3.29. The molecule has 1 aromatic carbocycles. The minimum absolute atomic E-state index is 0.0619. The number of hydrogen-bond donors (Lipinski definition) is 2. The van der Waals surface area contributed by atoms with E-state index in [1.165, 1.54) is 0 Å². The van der Waals surface area contributed by atoms with Crippen LogP contribution in [-0.2, 0) is 16.0 Å². The first-order valence-corrected chi connectivity index (χ1v) is 6.47. The summed E-state index contributed by atoms with van der Waals surface area (Å²) in [5.41, 5.74) is 0.901. The molecule has 1 atom stereocenters. The van der Waals surface area contributed by atoms with E-state index in [4.69, 9.17) is 23.2 Å². The maximum Gasteiger partial charge on any atom is 0.407 e. The minimum atomic E-state index is -0.617. The van der Waals surface area contributed by atoms with Crippen LogP contribution in [0.1, 0.15) is 5.56 Å². The monoisotopic (exact) mass is 302 g/mol. The van der Waals surface area contributed by atoms with Crippen molar-refractivity contribution >= 4 is 35.2 Å². The van der Waals surface area contributed by atoms with Gasteiger partial charge in [0, 0.05) is 16.6 Å². The number of cyclic esters (lactones) is 1. The van der Waals surface area contributed by atoms with Crippen LogP contribution in [-0.4, -0.2) is 31.2 Å². The molecule has 1 aliphatic heterocycles. The van der Waals surface area contributed by atoms with Gasteiger partial charge in [0.25, 0.3) is 0 Å². The lowest BCUT2D eigenvalue weighted by molar-refractivity contribution is -0.122. The number of hydrogen-bond acceptors (Lipinski definition) is 3. The third-order valence-electron chi connectivity index (χ3n) is 2.70. The van der Waals surface area contributed by atoms with Crippen LogP contribution in [0, 0.1) is 0 Å². The molecule has 0 spiro atoms. The molecule has 19 heavy (non-hydrogen) atoms. The molecule has 1 aromatic rings. The van der Waals surface area contributed by atoms with Crippen LogP contribution in [0.3, 0.4) is 0 Å². The quantitative estimate of drug-likeness (QED) is 0.890. The van der Waals surface area contributed by atoms with Crippen molar-refractivity contribution in [1.82, 2.24) is 10.6 Å². The van der Waals surface area contributed by atoms with E-state index >= 15 is 0 Å². The van der Waals surface area contributed by atoms with E-state index < -0.39 is 12.1 Å². The van der Waals surface area contributed by atoms with E-state index in [0.29, 0.717) is 23.0 Å². The molecule has 1 fully saturated rings. The Labute approximate surface area is 120 Å². The van der Waals surface area contributed by atoms with Crippen LogP contribution in [0.2, 0.25) is 10.0 Å². The van der Waals surface area contributed by atoms with Crippen molar-refractivity contribution in [1.29, 1.82) is 0 Å². The zero-order chi connectivity index (χ0) is 13.8. The molecule has 1 heterocycles. The van der Waals surface area contributed by atoms with Crippen LogP contribution in [0.4, 0.5) is 4.79 Å². The number of nitrogens with one attached hydrogen (secondary N) is 2. The zero-order valence-electron chi connectivity index (χ0n) is 9.91. The number of halogens is 2. The van der Waals surface area contributed by atoms with Gasteiger partial charge in [0.1, 0.15) is 12.6 Å². The zero-order valence-corrected chi connectivity index (χ0v) is 11.4. The molecular weight excluding hydrogens is 291 g/mol. The molecule has 2 N–H and O–H groups in total. The molecule has 1 saturated heterocycles. The Morgan fingerprint density at radius 3 is 2.89 bits per heavy atom. The fourth-order valence-electron chi connectivity index (χ4n) is 1.69. The van der Waals surface area contributed by atoms with Crippen molar-refractivity contribution in [3.8, 4) is 0 Å². The molecule has 5 nitrogen and oxygen atoms in total. The molecule has 7 heteroatoms. The highest BCUT2D eigenvalue weighted by atomic mass is 35.5. The molecule has 0 aliphatic carbocycles. The maximum atomic E-state index is 11.7. The van der Waals surface area contributed by atoms with E-state index in [-0.39, 0.29) is 12.5 Å². The highest BCUT2D eigenvalue weighted by Crippen LogP contribution is 2.21. The van der Waals surface area contributed by atoms with Gasteiger partial charge < -0.3 is 15.4 Å². The summed E-state index contributed by atoms with van der Waals surface area (Å²) in [4.78, 5) is 22.4. The second-order valence-corrected chi connectivity index (χ2v) is 4.92. The summed E-state index contributed by atoms with van der Waals surface area (Å²) in [5.74, 6) is -0.268. The lowest BCUT2D eigenvalue weighted by Crippen LogP contribution is -2.43. The number of carbonyl (C=O) groups excluding carboxylic acids is 2. The average Bonchev–Trinajstić information content (AvgIpc) is 2.78. The average molecular weight is 303 g/mol. The van der Waals surface area contributed by atoms with Gasteiger partial charge in [-0.05, 0) is 24.1 Å². The number of amides is 2. The highest BCUT2D eigenvalue weighted by Gasteiger charge is 2.28. The highest BCUT2D eigenvalue weighted by molar-refractivity contribution is 6.35. The van der Waals surface area contributed by atoms with Crippen LogP contribution in [0.5, 0.6) is 0 Å². The maximum absolute atomic E-state index is 11.7. The molecule has 1 aliphatic rings. The first kappa shape index (κ1) is 14.0. The fraction of sp³-hybridized carbons (Fsp3) is 0.333. The Morgan fingerprint density at radius 1 is 1.47 bits per heavy atom. The van der Waals surface area contributed by atoms with Gasteiger partial charge in [-0.25, -0.2) is 4.79 Å². The largest absolute Gasteiger partial charge is 0.447 e. The van der Waals surface area contributed by atoms with E-state index in [0.717, 1.165) is 5.56 Å². The van der Waals surface area contributed by atoms with Crippen molar-refractivity contribution in [2.75, 3.05) is 13.2 Å². The van der Waals surface area contributed by atoms with E-state index in [1.54, 1.807) is 12.1 Å². The third kappa shape index (κ3) is 3.75. The summed E-state index contributed by atoms with van der Waals surface area (Å²) < 4.78 is 4.64. The Morgan fingerprint density at radius 2 is 2.26 bits per heavy atom. The van der Waals surface area contributed by atoms with E-state index in [2.05, 4.69) is 15.4 Å². The van der Waals surface area contributed by atoms with Gasteiger partial charge >= 0.3 is 6.09 Å². The van der Waals surface area contributed by atoms with Gasteiger partial charge in [-0.1, -0.05) is 29.3 Å². The van der Waals surface area contributed by atoms with Crippen molar-refractivity contribution in [3.05, 3.63) is 33.8 Å². The van der Waals surface area contributed by atoms with Gasteiger partial charge in [0.2, 0.25) is 5.91 Å². The minimum Gasteiger partial charge on any atom is -0.447 e. The van der Waals surface area contributed by atoms with Crippen molar-refractivity contribution in [2.24, 2.45) is 0 Å². The Kier molecular flexibility index (Phi) is 4.50. The molecule has 102 valence electrons. The lowest BCUT2D eigenvalue weighted by atomic mass is 10.1. The molecule has 0 saturated carbocycles. The predicted octanol–water partition coefficient (Wildman–Crippen LogP) is 1.76. The number of benzene rings is 1. The normalized spacial score (nSPS) is 17.8. The standard InChI is InChI=1S/C12H12Cl2N2O3/c13-8-2-1-7(9(14)5-8)3-4-15-11(17)10-6-19-12(18)16-10/h1-2,5,10H,3-4,6H2,(H,15,17)(H,16,18). The molecular formula is C12H12Cl2N2O3. The Bertz CT molecular complexity index is 508. The summed E-state index contributed by atoms with van der Waals surface area (Å²) in [6.07, 6.45) is 0.0180. The molecule has 2 rings (SSSR count). The van der Waals surface area contributed by atoms with Crippen LogP contribution in [0.25, 0.3) is 0 Å². The molecule has 0 aromatic heterocycles. The van der Waals surface area contributed by atoms with Gasteiger partial charge in [0.15, 0.2) is 0 Å². The van der Waals surface area contributed by atoms with Crippen molar-refractivity contribution in [3.63, 3.8) is 0 Å². The first-order valence-electron chi connectivity index (χ1n) is 5.71. The van der Waals surface area contributed by atoms with Crippen molar-refractivity contribution in [2.45, 2.75) is 12.5 Å². The van der Waals surface area contributed by atoms with Gasteiger partial charge in [-0.2, -0.15) is 0 Å². The van der Waals surface area contributed by atoms with Crippen molar-refractivity contribution < 1.29 is 14.3 Å². The second-order valence-electron chi connectivity index (χ2n) is 4.07. The Hall–Kier alpha value is -1.46. The summed E-state index contributed by atoms with van der Waals surface area (Å²) in [6.45, 7) is 0.485. The van der Waals surface area contributed by atoms with Gasteiger partial charge in [0.05, 0.1) is 0 Å².